The molecule has 2 rings (SSSR count). The minimum absolute atomic E-state index is 0.235. The highest BCUT2D eigenvalue weighted by Gasteiger charge is 2.24. The maximum atomic E-state index is 11.3. The summed E-state index contributed by atoms with van der Waals surface area (Å²) >= 11 is 0. The normalized spacial score (nSPS) is 21.2. The van der Waals surface area contributed by atoms with E-state index < -0.39 is 9.84 Å². The molecule has 0 saturated carbocycles. The third-order valence-electron chi connectivity index (χ3n) is 3.84. The van der Waals surface area contributed by atoms with E-state index >= 15 is 0 Å². The largest absolute Gasteiger partial charge is 0.298 e. The SMILES string of the molecule is Cc1nc(C)n(C[C@@H]2CCCCN2CCS(C)(=O)=O)n1. The van der Waals surface area contributed by atoms with Gasteiger partial charge in [-0.3, -0.25) is 4.90 Å². The molecule has 1 aliphatic rings. The van der Waals surface area contributed by atoms with E-state index in [0.717, 1.165) is 37.6 Å². The molecule has 1 fully saturated rings. The summed E-state index contributed by atoms with van der Waals surface area (Å²) in [5, 5.41) is 4.41. The zero-order chi connectivity index (χ0) is 14.8. The van der Waals surface area contributed by atoms with Crippen molar-refractivity contribution in [2.24, 2.45) is 0 Å². The minimum Gasteiger partial charge on any atom is -0.298 e. The third-order valence-corrected chi connectivity index (χ3v) is 4.77. The number of sulfone groups is 1. The van der Waals surface area contributed by atoms with Crippen LogP contribution in [0.3, 0.4) is 0 Å². The lowest BCUT2D eigenvalue weighted by Gasteiger charge is -2.35. The molecule has 0 amide bonds. The quantitative estimate of drug-likeness (QED) is 0.804. The second-order valence-corrected chi connectivity index (χ2v) is 7.96. The second kappa shape index (κ2) is 6.22. The Hall–Kier alpha value is -0.950. The Morgan fingerprint density at radius 1 is 1.30 bits per heavy atom. The molecule has 1 aromatic rings. The van der Waals surface area contributed by atoms with E-state index in [0.29, 0.717) is 12.6 Å². The number of hydrogen-bond donors (Lipinski definition) is 0. The van der Waals surface area contributed by atoms with E-state index in [2.05, 4.69) is 15.0 Å². The number of aromatic nitrogens is 3. The van der Waals surface area contributed by atoms with Gasteiger partial charge in [-0.05, 0) is 33.2 Å². The van der Waals surface area contributed by atoms with Crippen LogP contribution < -0.4 is 0 Å². The molecular formula is C13H24N4O2S. The fourth-order valence-corrected chi connectivity index (χ4v) is 3.34. The first-order valence-corrected chi connectivity index (χ1v) is 9.21. The van der Waals surface area contributed by atoms with Gasteiger partial charge in [-0.1, -0.05) is 6.42 Å². The highest BCUT2D eigenvalue weighted by Crippen LogP contribution is 2.18. The predicted octanol–water partition coefficient (Wildman–Crippen LogP) is 0.794. The van der Waals surface area contributed by atoms with Crippen molar-refractivity contribution in [1.29, 1.82) is 0 Å². The van der Waals surface area contributed by atoms with E-state index in [9.17, 15) is 8.42 Å². The number of aryl methyl sites for hydroxylation is 2. The van der Waals surface area contributed by atoms with Gasteiger partial charge in [0, 0.05) is 18.8 Å². The average Bonchev–Trinajstić information content (AvgIpc) is 2.66. The van der Waals surface area contributed by atoms with Crippen molar-refractivity contribution >= 4 is 9.84 Å². The van der Waals surface area contributed by atoms with Crippen LogP contribution in [0.15, 0.2) is 0 Å². The van der Waals surface area contributed by atoms with Gasteiger partial charge < -0.3 is 0 Å². The van der Waals surface area contributed by atoms with Crippen LogP contribution in [0.1, 0.15) is 30.9 Å². The van der Waals surface area contributed by atoms with Gasteiger partial charge in [-0.25, -0.2) is 18.1 Å². The first kappa shape index (κ1) is 15.4. The van der Waals surface area contributed by atoms with Crippen LogP contribution in [0.25, 0.3) is 0 Å². The number of piperidine rings is 1. The summed E-state index contributed by atoms with van der Waals surface area (Å²) in [6, 6.07) is 0.366. The number of rotatable bonds is 5. The Bertz CT molecular complexity index is 553. The minimum atomic E-state index is -2.90. The van der Waals surface area contributed by atoms with Crippen molar-refractivity contribution in [2.75, 3.05) is 25.1 Å². The molecule has 0 aliphatic carbocycles. The molecule has 1 aliphatic heterocycles. The van der Waals surface area contributed by atoms with Crippen molar-refractivity contribution < 1.29 is 8.42 Å². The molecule has 2 heterocycles. The third kappa shape index (κ3) is 4.28. The van der Waals surface area contributed by atoms with E-state index in [-0.39, 0.29) is 5.75 Å². The Kier molecular flexibility index (Phi) is 4.80. The summed E-state index contributed by atoms with van der Waals surface area (Å²) in [6.07, 6.45) is 4.75. The Morgan fingerprint density at radius 3 is 2.65 bits per heavy atom. The maximum Gasteiger partial charge on any atom is 0.148 e. The van der Waals surface area contributed by atoms with Gasteiger partial charge >= 0.3 is 0 Å². The lowest BCUT2D eigenvalue weighted by Crippen LogP contribution is -2.44. The standard InChI is InChI=1S/C13H24N4O2S/c1-11-14-12(2)17(15-11)10-13-6-4-5-7-16(13)8-9-20(3,18)19/h13H,4-10H2,1-3H3/t13-/m0/s1. The van der Waals surface area contributed by atoms with Crippen molar-refractivity contribution in [3.63, 3.8) is 0 Å². The van der Waals surface area contributed by atoms with Gasteiger partial charge in [-0.15, -0.1) is 0 Å². The summed E-state index contributed by atoms with van der Waals surface area (Å²) in [5.41, 5.74) is 0. The Labute approximate surface area is 121 Å². The van der Waals surface area contributed by atoms with Crippen LogP contribution >= 0.6 is 0 Å². The number of likely N-dealkylation sites (tertiary alicyclic amines) is 1. The summed E-state index contributed by atoms with van der Waals surface area (Å²) in [7, 11) is -2.90. The van der Waals surface area contributed by atoms with Gasteiger partial charge in [0.25, 0.3) is 0 Å². The summed E-state index contributed by atoms with van der Waals surface area (Å²) < 4.78 is 24.6. The molecule has 1 aromatic heterocycles. The molecule has 6 nitrogen and oxygen atoms in total. The Morgan fingerprint density at radius 2 is 2.05 bits per heavy atom. The van der Waals surface area contributed by atoms with E-state index in [4.69, 9.17) is 0 Å². The van der Waals surface area contributed by atoms with Crippen molar-refractivity contribution in [3.8, 4) is 0 Å². The molecule has 0 bridgehead atoms. The molecular weight excluding hydrogens is 276 g/mol. The molecule has 114 valence electrons. The second-order valence-electron chi connectivity index (χ2n) is 5.70. The molecule has 7 heteroatoms. The number of nitrogens with zero attached hydrogens (tertiary/aromatic N) is 4. The van der Waals surface area contributed by atoms with Crippen LogP contribution in [0.4, 0.5) is 0 Å². The maximum absolute atomic E-state index is 11.3. The average molecular weight is 300 g/mol. The molecule has 0 radical (unpaired) electrons. The summed E-state index contributed by atoms with van der Waals surface area (Å²) in [6.45, 7) is 6.26. The molecule has 20 heavy (non-hydrogen) atoms. The van der Waals surface area contributed by atoms with Crippen LogP contribution in [-0.2, 0) is 16.4 Å². The zero-order valence-corrected chi connectivity index (χ0v) is 13.4. The first-order valence-electron chi connectivity index (χ1n) is 7.15. The highest BCUT2D eigenvalue weighted by atomic mass is 32.2. The molecule has 0 N–H and O–H groups in total. The van der Waals surface area contributed by atoms with Crippen LogP contribution in [-0.4, -0.2) is 59.2 Å². The predicted molar refractivity (Wildman–Crippen MR) is 78.4 cm³/mol. The van der Waals surface area contributed by atoms with Crippen LogP contribution in [0, 0.1) is 13.8 Å². The summed E-state index contributed by atoms with van der Waals surface area (Å²) in [5.74, 6) is 1.95. The smallest absolute Gasteiger partial charge is 0.148 e. The fourth-order valence-electron chi connectivity index (χ4n) is 2.78. The molecule has 0 spiro atoms. The monoisotopic (exact) mass is 300 g/mol. The zero-order valence-electron chi connectivity index (χ0n) is 12.5. The van der Waals surface area contributed by atoms with Gasteiger partial charge in [0.1, 0.15) is 21.5 Å². The number of hydrogen-bond acceptors (Lipinski definition) is 5. The van der Waals surface area contributed by atoms with Crippen molar-refractivity contribution in [1.82, 2.24) is 19.7 Å². The van der Waals surface area contributed by atoms with Crippen molar-refractivity contribution in [3.05, 3.63) is 11.6 Å². The molecule has 1 atom stereocenters. The Balaban J connectivity index is 2.01. The van der Waals surface area contributed by atoms with Gasteiger partial charge in [0.05, 0.1) is 12.3 Å². The van der Waals surface area contributed by atoms with E-state index in [1.807, 2.05) is 18.5 Å². The van der Waals surface area contributed by atoms with Crippen molar-refractivity contribution in [2.45, 2.75) is 45.7 Å². The van der Waals surface area contributed by atoms with E-state index in [1.54, 1.807) is 0 Å². The molecule has 0 aromatic carbocycles. The molecule has 1 saturated heterocycles. The van der Waals surface area contributed by atoms with Gasteiger partial charge in [0.2, 0.25) is 0 Å². The first-order chi connectivity index (χ1) is 9.35. The topological polar surface area (TPSA) is 68.1 Å². The van der Waals surface area contributed by atoms with Gasteiger partial charge in [0.15, 0.2) is 0 Å². The van der Waals surface area contributed by atoms with Gasteiger partial charge in [-0.2, -0.15) is 5.10 Å². The van der Waals surface area contributed by atoms with E-state index in [1.165, 1.54) is 12.7 Å². The molecule has 0 unspecified atom stereocenters. The van der Waals surface area contributed by atoms with Crippen LogP contribution in [0.2, 0.25) is 0 Å². The lowest BCUT2D eigenvalue weighted by molar-refractivity contribution is 0.137. The fraction of sp³-hybridized carbons (Fsp3) is 0.846. The van der Waals surface area contributed by atoms with Crippen LogP contribution in [0.5, 0.6) is 0 Å². The highest BCUT2D eigenvalue weighted by molar-refractivity contribution is 7.90. The summed E-state index contributed by atoms with van der Waals surface area (Å²) in [4.78, 5) is 6.62. The lowest BCUT2D eigenvalue weighted by atomic mass is 10.0.